The molecule has 0 heterocycles. The molecule has 0 radical (unpaired) electrons. The van der Waals surface area contributed by atoms with Gasteiger partial charge in [0.05, 0.1) is 13.2 Å². The monoisotopic (exact) mass is 293 g/mol. The molecule has 0 atom stereocenters. The van der Waals surface area contributed by atoms with E-state index in [9.17, 15) is 9.59 Å². The molecule has 1 aromatic carbocycles. The van der Waals surface area contributed by atoms with Crippen LogP contribution in [0.1, 0.15) is 12.0 Å². The molecule has 0 unspecified atom stereocenters. The average molecular weight is 293 g/mol. The normalized spacial score (nSPS) is 10.4. The zero-order chi connectivity index (χ0) is 15.7. The second-order valence-electron chi connectivity index (χ2n) is 4.77. The molecule has 6 heteroatoms. The number of nitrogens with one attached hydrogen (secondary N) is 1. The van der Waals surface area contributed by atoms with Gasteiger partial charge in [-0.25, -0.2) is 0 Å². The van der Waals surface area contributed by atoms with E-state index in [1.165, 1.54) is 0 Å². The van der Waals surface area contributed by atoms with Gasteiger partial charge >= 0.3 is 0 Å². The minimum absolute atomic E-state index is 0.0991. The molecule has 0 saturated carbocycles. The van der Waals surface area contributed by atoms with Gasteiger partial charge in [0, 0.05) is 32.3 Å². The molecule has 1 rings (SSSR count). The first kappa shape index (κ1) is 17.1. The van der Waals surface area contributed by atoms with Crippen molar-refractivity contribution in [2.45, 2.75) is 13.3 Å². The minimum atomic E-state index is -0.423. The van der Waals surface area contributed by atoms with Crippen LogP contribution >= 0.6 is 0 Å². The first-order chi connectivity index (χ1) is 10.0. The second-order valence-corrected chi connectivity index (χ2v) is 4.77. The fourth-order valence-electron chi connectivity index (χ4n) is 1.88. The predicted octanol–water partition coefficient (Wildman–Crippen LogP) is 0.439. The molecule has 3 N–H and O–H groups in total. The standard InChI is InChI=1S/C15H23N3O3/c1-12-4-3-5-13(10-12)18(8-6-14(16)19)15(20)11-17-7-9-21-2/h3-5,10,17H,6-9,11H2,1-2H3,(H2,16,19). The van der Waals surface area contributed by atoms with Crippen LogP contribution < -0.4 is 16.0 Å². The van der Waals surface area contributed by atoms with E-state index < -0.39 is 5.91 Å². The molecule has 6 nitrogen and oxygen atoms in total. The Kier molecular flexibility index (Phi) is 7.42. The van der Waals surface area contributed by atoms with Crippen LogP contribution in [-0.2, 0) is 14.3 Å². The lowest BCUT2D eigenvalue weighted by Gasteiger charge is -2.23. The van der Waals surface area contributed by atoms with E-state index in [0.29, 0.717) is 13.2 Å². The smallest absolute Gasteiger partial charge is 0.240 e. The Hall–Kier alpha value is -1.92. The van der Waals surface area contributed by atoms with Crippen molar-refractivity contribution in [3.8, 4) is 0 Å². The summed E-state index contributed by atoms with van der Waals surface area (Å²) in [6.07, 6.45) is 0.137. The van der Waals surface area contributed by atoms with Crippen LogP contribution in [0.3, 0.4) is 0 Å². The number of rotatable bonds is 9. The summed E-state index contributed by atoms with van der Waals surface area (Å²) in [5, 5.41) is 3.01. The third-order valence-electron chi connectivity index (χ3n) is 2.96. The molecule has 0 bridgehead atoms. The maximum atomic E-state index is 12.3. The maximum Gasteiger partial charge on any atom is 0.240 e. The summed E-state index contributed by atoms with van der Waals surface area (Å²) >= 11 is 0. The Balaban J connectivity index is 2.71. The lowest BCUT2D eigenvalue weighted by molar-refractivity contribution is -0.118. The molecule has 21 heavy (non-hydrogen) atoms. The molecule has 2 amide bonds. The molecule has 0 aromatic heterocycles. The number of benzene rings is 1. The van der Waals surface area contributed by atoms with Gasteiger partial charge in [-0.1, -0.05) is 12.1 Å². The average Bonchev–Trinajstić information content (AvgIpc) is 2.43. The number of aryl methyl sites for hydroxylation is 1. The van der Waals surface area contributed by atoms with Gasteiger partial charge in [0.25, 0.3) is 0 Å². The zero-order valence-electron chi connectivity index (χ0n) is 12.6. The number of hydrogen-bond acceptors (Lipinski definition) is 4. The molecular formula is C15H23N3O3. The Bertz CT molecular complexity index is 477. The largest absolute Gasteiger partial charge is 0.383 e. The van der Waals surface area contributed by atoms with Gasteiger partial charge in [-0.3, -0.25) is 9.59 Å². The SMILES string of the molecule is COCCNCC(=O)N(CCC(N)=O)c1cccc(C)c1. The van der Waals surface area contributed by atoms with Gasteiger partial charge in [-0.05, 0) is 24.6 Å². The molecule has 116 valence electrons. The fourth-order valence-corrected chi connectivity index (χ4v) is 1.88. The lowest BCUT2D eigenvalue weighted by Crippen LogP contribution is -2.40. The minimum Gasteiger partial charge on any atom is -0.383 e. The quantitative estimate of drug-likeness (QED) is 0.647. The number of carbonyl (C=O) groups excluding carboxylic acids is 2. The van der Waals surface area contributed by atoms with Crippen molar-refractivity contribution in [2.24, 2.45) is 5.73 Å². The summed E-state index contributed by atoms with van der Waals surface area (Å²) in [5.41, 5.74) is 7.00. The van der Waals surface area contributed by atoms with Crippen LogP contribution in [-0.4, -0.2) is 45.2 Å². The van der Waals surface area contributed by atoms with E-state index in [1.807, 2.05) is 31.2 Å². The number of nitrogens with two attached hydrogens (primary N) is 1. The molecule has 0 fully saturated rings. The van der Waals surface area contributed by atoms with Crippen LogP contribution in [0.4, 0.5) is 5.69 Å². The molecule has 0 aliphatic rings. The highest BCUT2D eigenvalue weighted by Gasteiger charge is 2.16. The number of primary amides is 1. The van der Waals surface area contributed by atoms with Crippen LogP contribution in [0.15, 0.2) is 24.3 Å². The summed E-state index contributed by atoms with van der Waals surface area (Å²) in [7, 11) is 1.61. The van der Waals surface area contributed by atoms with Crippen molar-refractivity contribution in [3.63, 3.8) is 0 Å². The van der Waals surface area contributed by atoms with Crippen LogP contribution in [0, 0.1) is 6.92 Å². The fraction of sp³-hybridized carbons (Fsp3) is 0.467. The van der Waals surface area contributed by atoms with E-state index in [0.717, 1.165) is 11.3 Å². The summed E-state index contributed by atoms with van der Waals surface area (Å²) < 4.78 is 4.91. The Morgan fingerprint density at radius 1 is 1.38 bits per heavy atom. The van der Waals surface area contributed by atoms with Crippen molar-refractivity contribution >= 4 is 17.5 Å². The molecule has 0 saturated heterocycles. The van der Waals surface area contributed by atoms with Gasteiger partial charge in [-0.2, -0.15) is 0 Å². The molecule has 0 aliphatic heterocycles. The van der Waals surface area contributed by atoms with Crippen molar-refractivity contribution in [2.75, 3.05) is 38.3 Å². The Morgan fingerprint density at radius 3 is 2.76 bits per heavy atom. The highest BCUT2D eigenvalue weighted by molar-refractivity contribution is 5.95. The van der Waals surface area contributed by atoms with E-state index >= 15 is 0 Å². The number of nitrogens with zero attached hydrogens (tertiary/aromatic N) is 1. The van der Waals surface area contributed by atoms with Crippen molar-refractivity contribution in [1.29, 1.82) is 0 Å². The van der Waals surface area contributed by atoms with Crippen molar-refractivity contribution in [1.82, 2.24) is 5.32 Å². The van der Waals surface area contributed by atoms with Gasteiger partial charge in [0.15, 0.2) is 0 Å². The van der Waals surface area contributed by atoms with E-state index in [2.05, 4.69) is 5.32 Å². The number of amides is 2. The summed E-state index contributed by atoms with van der Waals surface area (Å²) in [6, 6.07) is 7.60. The van der Waals surface area contributed by atoms with E-state index in [-0.39, 0.29) is 25.4 Å². The summed E-state index contributed by atoms with van der Waals surface area (Å²) in [5.74, 6) is -0.522. The molecule has 0 spiro atoms. The molecule has 1 aromatic rings. The Labute approximate surface area is 125 Å². The molecular weight excluding hydrogens is 270 g/mol. The number of ether oxygens (including phenoxy) is 1. The second kappa shape index (κ2) is 9.10. The van der Waals surface area contributed by atoms with Gasteiger partial charge in [-0.15, -0.1) is 0 Å². The van der Waals surface area contributed by atoms with Crippen LogP contribution in [0.5, 0.6) is 0 Å². The lowest BCUT2D eigenvalue weighted by atomic mass is 10.2. The Morgan fingerprint density at radius 2 is 2.14 bits per heavy atom. The van der Waals surface area contributed by atoms with Crippen LogP contribution in [0.25, 0.3) is 0 Å². The first-order valence-electron chi connectivity index (χ1n) is 6.89. The van der Waals surface area contributed by atoms with E-state index in [1.54, 1.807) is 12.0 Å². The van der Waals surface area contributed by atoms with Gasteiger partial charge < -0.3 is 20.7 Å². The van der Waals surface area contributed by atoms with Crippen molar-refractivity contribution < 1.29 is 14.3 Å². The maximum absolute atomic E-state index is 12.3. The van der Waals surface area contributed by atoms with Crippen molar-refractivity contribution in [3.05, 3.63) is 29.8 Å². The predicted molar refractivity (Wildman–Crippen MR) is 82.1 cm³/mol. The van der Waals surface area contributed by atoms with Gasteiger partial charge in [0.2, 0.25) is 11.8 Å². The highest BCUT2D eigenvalue weighted by atomic mass is 16.5. The highest BCUT2D eigenvalue weighted by Crippen LogP contribution is 2.16. The van der Waals surface area contributed by atoms with E-state index in [4.69, 9.17) is 10.5 Å². The third kappa shape index (κ3) is 6.37. The molecule has 0 aliphatic carbocycles. The number of methoxy groups -OCH3 is 1. The third-order valence-corrected chi connectivity index (χ3v) is 2.96. The summed E-state index contributed by atoms with van der Waals surface area (Å²) in [6.45, 7) is 3.56. The number of hydrogen-bond donors (Lipinski definition) is 2. The number of carbonyl (C=O) groups is 2. The zero-order valence-corrected chi connectivity index (χ0v) is 12.6. The van der Waals surface area contributed by atoms with Gasteiger partial charge in [0.1, 0.15) is 0 Å². The topological polar surface area (TPSA) is 84.7 Å². The number of anilines is 1. The first-order valence-corrected chi connectivity index (χ1v) is 6.89. The summed E-state index contributed by atoms with van der Waals surface area (Å²) in [4.78, 5) is 24.9. The van der Waals surface area contributed by atoms with Crippen LogP contribution in [0.2, 0.25) is 0 Å².